The highest BCUT2D eigenvalue weighted by Gasteiger charge is 2.08. The molecule has 0 unspecified atom stereocenters. The molecule has 3 aromatic rings. The van der Waals surface area contributed by atoms with E-state index >= 15 is 0 Å². The van der Waals surface area contributed by atoms with Crippen molar-refractivity contribution < 1.29 is 9.32 Å². The van der Waals surface area contributed by atoms with Crippen molar-refractivity contribution in [1.29, 1.82) is 0 Å². The second kappa shape index (κ2) is 3.30. The molecule has 0 amide bonds. The number of rotatable bonds is 2. The Hall–Kier alpha value is -2.43. The highest BCUT2D eigenvalue weighted by Crippen LogP contribution is 2.22. The lowest BCUT2D eigenvalue weighted by Gasteiger charge is -1.98. The summed E-state index contributed by atoms with van der Waals surface area (Å²) in [6.07, 6.45) is 9.14. The average molecular weight is 213 g/mol. The fourth-order valence-electron chi connectivity index (χ4n) is 1.67. The minimum Gasteiger partial charge on any atom is -0.364 e. The number of hydrogen-bond acceptors (Lipinski definition) is 4. The number of aldehydes is 1. The van der Waals surface area contributed by atoms with Crippen LogP contribution in [0.5, 0.6) is 0 Å². The second-order valence-electron chi connectivity index (χ2n) is 3.37. The molecule has 0 aromatic carbocycles. The summed E-state index contributed by atoms with van der Waals surface area (Å²) >= 11 is 0. The van der Waals surface area contributed by atoms with E-state index in [1.54, 1.807) is 30.9 Å². The van der Waals surface area contributed by atoms with Gasteiger partial charge in [0.05, 0.1) is 23.0 Å². The zero-order valence-electron chi connectivity index (χ0n) is 8.20. The Bertz CT molecular complexity index is 640. The first kappa shape index (κ1) is 8.84. The molecule has 0 saturated heterocycles. The first-order valence-corrected chi connectivity index (χ1v) is 4.70. The zero-order valence-corrected chi connectivity index (χ0v) is 8.20. The summed E-state index contributed by atoms with van der Waals surface area (Å²) in [5, 5.41) is 3.64. The van der Waals surface area contributed by atoms with E-state index in [2.05, 4.69) is 10.1 Å². The third-order valence-electron chi connectivity index (χ3n) is 2.39. The van der Waals surface area contributed by atoms with Crippen LogP contribution in [0.3, 0.4) is 0 Å². The van der Waals surface area contributed by atoms with E-state index in [1.165, 1.54) is 6.26 Å². The smallest absolute Gasteiger partial charge is 0.151 e. The van der Waals surface area contributed by atoms with Crippen molar-refractivity contribution in [2.24, 2.45) is 0 Å². The molecule has 0 bridgehead atoms. The fourth-order valence-corrected chi connectivity index (χ4v) is 1.67. The molecule has 5 heteroatoms. The Kier molecular flexibility index (Phi) is 1.83. The van der Waals surface area contributed by atoms with E-state index in [4.69, 9.17) is 4.52 Å². The molecule has 3 rings (SSSR count). The molecule has 3 heterocycles. The summed E-state index contributed by atoms with van der Waals surface area (Å²) in [6.45, 7) is 0. The largest absolute Gasteiger partial charge is 0.364 e. The monoisotopic (exact) mass is 213 g/mol. The van der Waals surface area contributed by atoms with Crippen LogP contribution >= 0.6 is 0 Å². The molecule has 0 fully saturated rings. The zero-order chi connectivity index (χ0) is 11.0. The number of aromatic nitrogens is 3. The van der Waals surface area contributed by atoms with Crippen molar-refractivity contribution >= 4 is 11.8 Å². The summed E-state index contributed by atoms with van der Waals surface area (Å²) in [5.41, 5.74) is 3.01. The van der Waals surface area contributed by atoms with Crippen LogP contribution in [0.2, 0.25) is 0 Å². The van der Waals surface area contributed by atoms with Crippen molar-refractivity contribution in [3.8, 4) is 11.3 Å². The molecule has 0 atom stereocenters. The molecule has 78 valence electrons. The van der Waals surface area contributed by atoms with E-state index in [0.29, 0.717) is 5.56 Å². The number of hydrogen-bond donors (Lipinski definition) is 0. The third kappa shape index (κ3) is 1.22. The molecule has 0 N–H and O–H groups in total. The normalized spacial score (nSPS) is 10.8. The van der Waals surface area contributed by atoms with E-state index in [0.717, 1.165) is 23.1 Å². The molecule has 3 aromatic heterocycles. The first-order chi connectivity index (χ1) is 7.88. The van der Waals surface area contributed by atoms with E-state index in [9.17, 15) is 4.79 Å². The van der Waals surface area contributed by atoms with Crippen LogP contribution in [0.15, 0.2) is 41.6 Å². The summed E-state index contributed by atoms with van der Waals surface area (Å²) in [7, 11) is 0. The molecule has 0 radical (unpaired) electrons. The van der Waals surface area contributed by atoms with Gasteiger partial charge in [0.25, 0.3) is 0 Å². The number of carbonyl (C=O) groups is 1. The van der Waals surface area contributed by atoms with Crippen molar-refractivity contribution in [2.45, 2.75) is 0 Å². The minimum absolute atomic E-state index is 0.616. The Balaban J connectivity index is 2.32. The molecule has 0 aliphatic heterocycles. The van der Waals surface area contributed by atoms with Crippen molar-refractivity contribution in [2.75, 3.05) is 0 Å². The second-order valence-corrected chi connectivity index (χ2v) is 3.37. The van der Waals surface area contributed by atoms with Crippen LogP contribution in [0.1, 0.15) is 10.4 Å². The predicted molar refractivity (Wildman–Crippen MR) is 56.1 cm³/mol. The molecule has 16 heavy (non-hydrogen) atoms. The van der Waals surface area contributed by atoms with Gasteiger partial charge in [-0.2, -0.15) is 0 Å². The van der Waals surface area contributed by atoms with Gasteiger partial charge >= 0.3 is 0 Å². The van der Waals surface area contributed by atoms with Crippen LogP contribution in [0, 0.1) is 0 Å². The van der Waals surface area contributed by atoms with Crippen LogP contribution in [-0.4, -0.2) is 20.8 Å². The van der Waals surface area contributed by atoms with E-state index < -0.39 is 0 Å². The summed E-state index contributed by atoms with van der Waals surface area (Å²) in [4.78, 5) is 15.0. The van der Waals surface area contributed by atoms with Crippen LogP contribution < -0.4 is 0 Å². The van der Waals surface area contributed by atoms with Crippen molar-refractivity contribution in [1.82, 2.24) is 14.5 Å². The SMILES string of the molecule is O=Cc1cc2c(-c3cnoc3)nccn2c1. The maximum Gasteiger partial charge on any atom is 0.151 e. The van der Waals surface area contributed by atoms with Gasteiger partial charge < -0.3 is 8.92 Å². The van der Waals surface area contributed by atoms with E-state index in [1.807, 2.05) is 4.40 Å². The maximum absolute atomic E-state index is 10.7. The standard InChI is InChI=1S/C11H7N3O2/c15-6-8-3-10-11(9-4-13-16-7-9)12-1-2-14(10)5-8/h1-7H. The van der Waals surface area contributed by atoms with Crippen LogP contribution in [0.25, 0.3) is 16.8 Å². The van der Waals surface area contributed by atoms with Gasteiger partial charge in [-0.3, -0.25) is 9.78 Å². The minimum atomic E-state index is 0.616. The third-order valence-corrected chi connectivity index (χ3v) is 2.39. The van der Waals surface area contributed by atoms with Gasteiger partial charge in [-0.1, -0.05) is 5.16 Å². The number of nitrogens with zero attached hydrogens (tertiary/aromatic N) is 3. The quantitative estimate of drug-likeness (QED) is 0.609. The van der Waals surface area contributed by atoms with Gasteiger partial charge in [0.1, 0.15) is 6.26 Å². The van der Waals surface area contributed by atoms with Crippen LogP contribution in [0.4, 0.5) is 0 Å². The first-order valence-electron chi connectivity index (χ1n) is 4.70. The van der Waals surface area contributed by atoms with E-state index in [-0.39, 0.29) is 0 Å². The maximum atomic E-state index is 10.7. The molecule has 0 aliphatic rings. The van der Waals surface area contributed by atoms with Crippen molar-refractivity contribution in [3.05, 3.63) is 42.7 Å². The van der Waals surface area contributed by atoms with Crippen LogP contribution in [-0.2, 0) is 0 Å². The number of fused-ring (bicyclic) bond motifs is 1. The van der Waals surface area contributed by atoms with Gasteiger partial charge in [-0.05, 0) is 6.07 Å². The van der Waals surface area contributed by atoms with Gasteiger partial charge in [-0.25, -0.2) is 0 Å². The Morgan fingerprint density at radius 3 is 3.12 bits per heavy atom. The lowest BCUT2D eigenvalue weighted by atomic mass is 10.2. The average Bonchev–Trinajstić information content (AvgIpc) is 2.97. The number of carbonyl (C=O) groups excluding carboxylic acids is 1. The van der Waals surface area contributed by atoms with Gasteiger partial charge in [0.2, 0.25) is 0 Å². The highest BCUT2D eigenvalue weighted by atomic mass is 16.5. The van der Waals surface area contributed by atoms with Gasteiger partial charge in [0, 0.05) is 24.2 Å². The molecule has 0 saturated carbocycles. The highest BCUT2D eigenvalue weighted by molar-refractivity contribution is 5.83. The molecule has 5 nitrogen and oxygen atoms in total. The van der Waals surface area contributed by atoms with Crippen molar-refractivity contribution in [3.63, 3.8) is 0 Å². The lowest BCUT2D eigenvalue weighted by molar-refractivity contribution is 0.112. The lowest BCUT2D eigenvalue weighted by Crippen LogP contribution is -1.88. The predicted octanol–water partition coefficient (Wildman–Crippen LogP) is 1.80. The molecule has 0 spiro atoms. The van der Waals surface area contributed by atoms with Gasteiger partial charge in [0.15, 0.2) is 6.29 Å². The summed E-state index contributed by atoms with van der Waals surface area (Å²) in [5.74, 6) is 0. The summed E-state index contributed by atoms with van der Waals surface area (Å²) in [6, 6.07) is 1.78. The van der Waals surface area contributed by atoms with Gasteiger partial charge in [-0.15, -0.1) is 0 Å². The summed E-state index contributed by atoms with van der Waals surface area (Å²) < 4.78 is 6.63. The molecular formula is C11H7N3O2. The topological polar surface area (TPSA) is 60.4 Å². The molecule has 0 aliphatic carbocycles. The Morgan fingerprint density at radius 2 is 2.38 bits per heavy atom. The fraction of sp³-hybridized carbons (Fsp3) is 0. The molecular weight excluding hydrogens is 206 g/mol. The Morgan fingerprint density at radius 1 is 1.44 bits per heavy atom. The Labute approximate surface area is 90.3 Å².